The molecule has 26 heavy (non-hydrogen) atoms. The van der Waals surface area contributed by atoms with E-state index in [-0.39, 0.29) is 11.1 Å². The Morgan fingerprint density at radius 2 is 1.58 bits per heavy atom. The Balaban J connectivity index is 2.07. The van der Waals surface area contributed by atoms with Gasteiger partial charge in [-0.2, -0.15) is 10.5 Å². The van der Waals surface area contributed by atoms with E-state index in [0.29, 0.717) is 16.9 Å². The summed E-state index contributed by atoms with van der Waals surface area (Å²) in [5, 5.41) is 19.3. The first-order chi connectivity index (χ1) is 12.7. The molecule has 0 saturated heterocycles. The van der Waals surface area contributed by atoms with E-state index in [1.807, 2.05) is 66.1 Å². The highest BCUT2D eigenvalue weighted by Gasteiger charge is 2.20. The van der Waals surface area contributed by atoms with E-state index in [9.17, 15) is 10.5 Å². The quantitative estimate of drug-likeness (QED) is 0.551. The first-order valence-corrected chi connectivity index (χ1v) is 8.06. The third-order valence-electron chi connectivity index (χ3n) is 4.27. The van der Waals surface area contributed by atoms with Crippen molar-refractivity contribution >= 4 is 11.2 Å². The van der Waals surface area contributed by atoms with Crippen LogP contribution in [0.2, 0.25) is 0 Å². The molecular formula is C21H13N5. The minimum Gasteiger partial charge on any atom is -0.283 e. The van der Waals surface area contributed by atoms with Crippen LogP contribution in [-0.2, 0) is 0 Å². The van der Waals surface area contributed by atoms with Crippen LogP contribution >= 0.6 is 0 Å². The van der Waals surface area contributed by atoms with Gasteiger partial charge in [-0.3, -0.25) is 4.57 Å². The smallest absolute Gasteiger partial charge is 0.166 e. The van der Waals surface area contributed by atoms with E-state index < -0.39 is 0 Å². The van der Waals surface area contributed by atoms with Crippen LogP contribution in [0.25, 0.3) is 28.1 Å². The topological polar surface area (TPSA) is 78.3 Å². The summed E-state index contributed by atoms with van der Waals surface area (Å²) >= 11 is 0. The molecule has 0 bridgehead atoms. The van der Waals surface area contributed by atoms with Gasteiger partial charge in [0.05, 0.1) is 11.3 Å². The number of aryl methyl sites for hydroxylation is 1. The van der Waals surface area contributed by atoms with Crippen LogP contribution in [0.3, 0.4) is 0 Å². The second-order valence-electron chi connectivity index (χ2n) is 5.92. The maximum atomic E-state index is 9.66. The van der Waals surface area contributed by atoms with Gasteiger partial charge in [-0.1, -0.05) is 48.0 Å². The fourth-order valence-corrected chi connectivity index (χ4v) is 2.94. The molecule has 4 rings (SSSR count). The number of imidazole rings is 1. The third-order valence-corrected chi connectivity index (χ3v) is 4.27. The minimum atomic E-state index is 0.250. The first kappa shape index (κ1) is 15.6. The molecule has 0 amide bonds. The van der Waals surface area contributed by atoms with Gasteiger partial charge in [-0.25, -0.2) is 9.97 Å². The van der Waals surface area contributed by atoms with Gasteiger partial charge >= 0.3 is 0 Å². The number of fused-ring (bicyclic) bond motifs is 1. The molecule has 5 nitrogen and oxygen atoms in total. The zero-order chi connectivity index (χ0) is 18.1. The Kier molecular flexibility index (Phi) is 3.69. The Bertz CT molecular complexity index is 1190. The van der Waals surface area contributed by atoms with Crippen molar-refractivity contribution in [2.45, 2.75) is 6.92 Å². The summed E-state index contributed by atoms with van der Waals surface area (Å²) in [5.74, 6) is 0. The Morgan fingerprint density at radius 3 is 2.23 bits per heavy atom. The Hall–Kier alpha value is -3.96. The molecule has 5 heteroatoms. The molecule has 0 radical (unpaired) electrons. The summed E-state index contributed by atoms with van der Waals surface area (Å²) in [6, 6.07) is 21.6. The lowest BCUT2D eigenvalue weighted by Gasteiger charge is -2.08. The van der Waals surface area contributed by atoms with Gasteiger partial charge in [0.1, 0.15) is 29.5 Å². The fourth-order valence-electron chi connectivity index (χ4n) is 2.94. The lowest BCUT2D eigenvalue weighted by Crippen LogP contribution is -2.00. The zero-order valence-corrected chi connectivity index (χ0v) is 14.0. The predicted octanol–water partition coefficient (Wildman–Crippen LogP) is 4.14. The highest BCUT2D eigenvalue weighted by Crippen LogP contribution is 2.29. The van der Waals surface area contributed by atoms with Crippen LogP contribution in [-0.4, -0.2) is 14.5 Å². The first-order valence-electron chi connectivity index (χ1n) is 8.06. The van der Waals surface area contributed by atoms with E-state index in [1.54, 1.807) is 6.33 Å². The Morgan fingerprint density at radius 1 is 0.885 bits per heavy atom. The molecule has 0 aliphatic heterocycles. The fraction of sp³-hybridized carbons (Fsp3) is 0.0476. The molecule has 0 aliphatic rings. The van der Waals surface area contributed by atoms with Crippen LogP contribution in [0.4, 0.5) is 0 Å². The number of nitriles is 2. The van der Waals surface area contributed by atoms with E-state index in [0.717, 1.165) is 16.8 Å². The lowest BCUT2D eigenvalue weighted by atomic mass is 10.0. The van der Waals surface area contributed by atoms with Crippen molar-refractivity contribution in [2.75, 3.05) is 0 Å². The molecule has 4 aromatic rings. The molecule has 2 aromatic carbocycles. The lowest BCUT2D eigenvalue weighted by molar-refractivity contribution is 1.07. The van der Waals surface area contributed by atoms with Gasteiger partial charge in [0.25, 0.3) is 0 Å². The number of hydrogen-bond acceptors (Lipinski definition) is 4. The molecule has 0 unspecified atom stereocenters. The van der Waals surface area contributed by atoms with Crippen molar-refractivity contribution in [1.29, 1.82) is 10.5 Å². The van der Waals surface area contributed by atoms with Crippen LogP contribution in [0.1, 0.15) is 16.7 Å². The molecule has 0 atom stereocenters. The summed E-state index contributed by atoms with van der Waals surface area (Å²) < 4.78 is 1.84. The van der Waals surface area contributed by atoms with Gasteiger partial charge in [0, 0.05) is 11.3 Å². The number of rotatable bonds is 2. The average molecular weight is 335 g/mol. The average Bonchev–Trinajstić information content (AvgIpc) is 3.11. The monoisotopic (exact) mass is 335 g/mol. The molecule has 0 fully saturated rings. The van der Waals surface area contributed by atoms with Crippen molar-refractivity contribution in [1.82, 2.24) is 14.5 Å². The van der Waals surface area contributed by atoms with Crippen LogP contribution < -0.4 is 0 Å². The van der Waals surface area contributed by atoms with Gasteiger partial charge in [-0.15, -0.1) is 0 Å². The molecule has 122 valence electrons. The third kappa shape index (κ3) is 2.40. The number of benzene rings is 2. The maximum absolute atomic E-state index is 9.66. The second kappa shape index (κ2) is 6.16. The summed E-state index contributed by atoms with van der Waals surface area (Å²) in [4.78, 5) is 9.07. The summed E-state index contributed by atoms with van der Waals surface area (Å²) in [7, 11) is 0. The second-order valence-corrected chi connectivity index (χ2v) is 5.92. The van der Waals surface area contributed by atoms with Crippen molar-refractivity contribution in [3.63, 3.8) is 0 Å². The van der Waals surface area contributed by atoms with E-state index in [2.05, 4.69) is 17.1 Å². The van der Waals surface area contributed by atoms with Gasteiger partial charge in [0.2, 0.25) is 0 Å². The predicted molar refractivity (Wildman–Crippen MR) is 98.5 cm³/mol. The van der Waals surface area contributed by atoms with Crippen molar-refractivity contribution in [2.24, 2.45) is 0 Å². The molecule has 0 aliphatic carbocycles. The van der Waals surface area contributed by atoms with Gasteiger partial charge < -0.3 is 0 Å². The normalized spacial score (nSPS) is 10.4. The standard InChI is InChI=1S/C21H13N5/c1-14-7-9-16(10-8-14)26-13-24-20-18(12-23)17(11-22)19(25-21(20)26)15-5-3-2-4-6-15/h2-10,13H,1H3. The minimum absolute atomic E-state index is 0.250. The van der Waals surface area contributed by atoms with E-state index in [4.69, 9.17) is 4.98 Å². The zero-order valence-electron chi connectivity index (χ0n) is 14.0. The maximum Gasteiger partial charge on any atom is 0.166 e. The molecule has 0 N–H and O–H groups in total. The number of aromatic nitrogens is 3. The van der Waals surface area contributed by atoms with Crippen molar-refractivity contribution < 1.29 is 0 Å². The van der Waals surface area contributed by atoms with Gasteiger partial charge in [-0.05, 0) is 19.1 Å². The summed E-state index contributed by atoms with van der Waals surface area (Å²) in [5.41, 5.74) is 4.83. The van der Waals surface area contributed by atoms with E-state index in [1.165, 1.54) is 0 Å². The summed E-state index contributed by atoms with van der Waals surface area (Å²) in [6.45, 7) is 2.02. The van der Waals surface area contributed by atoms with Crippen LogP contribution in [0.5, 0.6) is 0 Å². The number of nitrogens with zero attached hydrogens (tertiary/aromatic N) is 5. The van der Waals surface area contributed by atoms with E-state index >= 15 is 0 Å². The van der Waals surface area contributed by atoms with Crippen molar-refractivity contribution in [3.8, 4) is 29.1 Å². The molecule has 2 aromatic heterocycles. The number of hydrogen-bond donors (Lipinski definition) is 0. The highest BCUT2D eigenvalue weighted by molar-refractivity contribution is 5.87. The van der Waals surface area contributed by atoms with Crippen molar-refractivity contribution in [3.05, 3.63) is 77.6 Å². The SMILES string of the molecule is Cc1ccc(-n2cnc3c(C#N)c(C#N)c(-c4ccccc4)nc32)cc1. The van der Waals surface area contributed by atoms with Crippen LogP contribution in [0, 0.1) is 29.6 Å². The molecule has 0 saturated carbocycles. The Labute approximate surface area is 150 Å². The largest absolute Gasteiger partial charge is 0.283 e. The summed E-state index contributed by atoms with van der Waals surface area (Å²) in [6.07, 6.45) is 1.64. The molecule has 2 heterocycles. The van der Waals surface area contributed by atoms with Gasteiger partial charge in [0.15, 0.2) is 5.65 Å². The molecular weight excluding hydrogens is 322 g/mol. The number of pyridine rings is 1. The van der Waals surface area contributed by atoms with Crippen LogP contribution in [0.15, 0.2) is 60.9 Å². The molecule has 0 spiro atoms. The highest BCUT2D eigenvalue weighted by atomic mass is 15.1.